The molecule has 4 rings (SSSR count). The first-order valence-electron chi connectivity index (χ1n) is 9.93. The van der Waals surface area contributed by atoms with Gasteiger partial charge in [-0.2, -0.15) is 0 Å². The van der Waals surface area contributed by atoms with E-state index in [1.807, 2.05) is 37.3 Å². The molecule has 1 N–H and O–H groups in total. The number of benzene rings is 2. The molecule has 150 valence electrons. The van der Waals surface area contributed by atoms with E-state index in [1.165, 1.54) is 4.68 Å². The van der Waals surface area contributed by atoms with E-state index in [2.05, 4.69) is 15.6 Å². The van der Waals surface area contributed by atoms with E-state index in [1.54, 1.807) is 18.2 Å². The number of hydrogen-bond acceptors (Lipinski definition) is 4. The van der Waals surface area contributed by atoms with E-state index in [0.717, 1.165) is 24.8 Å². The number of halogens is 1. The Morgan fingerprint density at radius 3 is 2.59 bits per heavy atom. The van der Waals surface area contributed by atoms with Crippen molar-refractivity contribution in [3.05, 3.63) is 69.5 Å². The Balaban J connectivity index is 1.54. The Bertz CT molecular complexity index is 1090. The summed E-state index contributed by atoms with van der Waals surface area (Å²) < 4.78 is 1.34. The van der Waals surface area contributed by atoms with Crippen LogP contribution >= 0.6 is 11.6 Å². The summed E-state index contributed by atoms with van der Waals surface area (Å²) in [6.45, 7) is 2.27. The van der Waals surface area contributed by atoms with Crippen LogP contribution in [-0.4, -0.2) is 26.9 Å². The first-order valence-corrected chi connectivity index (χ1v) is 10.3. The van der Waals surface area contributed by atoms with E-state index >= 15 is 0 Å². The van der Waals surface area contributed by atoms with E-state index in [9.17, 15) is 9.59 Å². The van der Waals surface area contributed by atoms with Gasteiger partial charge in [-0.3, -0.25) is 9.59 Å². The van der Waals surface area contributed by atoms with Gasteiger partial charge in [0.2, 0.25) is 5.91 Å². The van der Waals surface area contributed by atoms with Crippen LogP contribution in [0.25, 0.3) is 10.9 Å². The van der Waals surface area contributed by atoms with Crippen LogP contribution in [0.1, 0.15) is 38.2 Å². The Morgan fingerprint density at radius 2 is 1.93 bits per heavy atom. The third-order valence-electron chi connectivity index (χ3n) is 5.89. The average molecular weight is 411 g/mol. The van der Waals surface area contributed by atoms with Crippen LogP contribution in [0.15, 0.2) is 53.3 Å². The highest BCUT2D eigenvalue weighted by Crippen LogP contribution is 2.44. The zero-order chi connectivity index (χ0) is 20.4. The van der Waals surface area contributed by atoms with Crippen molar-refractivity contribution in [2.45, 2.75) is 50.6 Å². The number of hydrogen-bond donors (Lipinski definition) is 1. The van der Waals surface area contributed by atoms with Gasteiger partial charge in [-0.1, -0.05) is 54.4 Å². The maximum Gasteiger partial charge on any atom is 0.277 e. The smallest absolute Gasteiger partial charge is 0.277 e. The fourth-order valence-corrected chi connectivity index (χ4v) is 4.02. The second-order valence-electron chi connectivity index (χ2n) is 7.62. The molecule has 1 aliphatic rings. The van der Waals surface area contributed by atoms with Crippen LogP contribution in [0.3, 0.4) is 0 Å². The minimum atomic E-state index is -0.516. The summed E-state index contributed by atoms with van der Waals surface area (Å²) in [4.78, 5) is 25.9. The molecule has 1 aliphatic carbocycles. The molecule has 1 amide bonds. The molecule has 1 fully saturated rings. The van der Waals surface area contributed by atoms with Crippen molar-refractivity contribution < 1.29 is 4.79 Å². The van der Waals surface area contributed by atoms with Crippen molar-refractivity contribution in [3.8, 4) is 0 Å². The van der Waals surface area contributed by atoms with Crippen LogP contribution in [0.5, 0.6) is 0 Å². The Kier molecular flexibility index (Phi) is 5.37. The van der Waals surface area contributed by atoms with Gasteiger partial charge in [0.25, 0.3) is 5.56 Å². The second kappa shape index (κ2) is 7.95. The van der Waals surface area contributed by atoms with Crippen LogP contribution in [-0.2, 0) is 16.8 Å². The Hall–Kier alpha value is -2.73. The zero-order valence-corrected chi connectivity index (χ0v) is 17.0. The van der Waals surface area contributed by atoms with E-state index in [4.69, 9.17) is 11.6 Å². The molecule has 7 heteroatoms. The first-order chi connectivity index (χ1) is 14.0. The summed E-state index contributed by atoms with van der Waals surface area (Å²) in [7, 11) is 0. The molecule has 0 radical (unpaired) electrons. The average Bonchev–Trinajstić information content (AvgIpc) is 2.70. The summed E-state index contributed by atoms with van der Waals surface area (Å²) in [5, 5.41) is 12.5. The number of fused-ring (bicyclic) bond motifs is 1. The number of carbonyl (C=O) groups is 1. The largest absolute Gasteiger partial charge is 0.351 e. The summed E-state index contributed by atoms with van der Waals surface area (Å²) in [5.74, 6) is -0.000259. The summed E-state index contributed by atoms with van der Waals surface area (Å²) in [6.07, 6.45) is 3.32. The quantitative estimate of drug-likeness (QED) is 0.675. The molecular formula is C22H23ClN4O2. The number of nitrogens with one attached hydrogen (secondary N) is 1. The Labute approximate surface area is 173 Å². The van der Waals surface area contributed by atoms with Gasteiger partial charge < -0.3 is 5.32 Å². The van der Waals surface area contributed by atoms with Crippen LogP contribution in [0.4, 0.5) is 0 Å². The predicted molar refractivity (Wildman–Crippen MR) is 113 cm³/mol. The topological polar surface area (TPSA) is 76.9 Å². The second-order valence-corrected chi connectivity index (χ2v) is 8.05. The lowest BCUT2D eigenvalue weighted by molar-refractivity contribution is -0.130. The normalized spacial score (nSPS) is 16.2. The van der Waals surface area contributed by atoms with E-state index in [-0.39, 0.29) is 24.1 Å². The van der Waals surface area contributed by atoms with Gasteiger partial charge in [0, 0.05) is 11.1 Å². The minimum absolute atomic E-state index is 0.000259. The minimum Gasteiger partial charge on any atom is -0.351 e. The lowest BCUT2D eigenvalue weighted by Crippen LogP contribution is -2.53. The van der Waals surface area contributed by atoms with Gasteiger partial charge in [-0.05, 0) is 49.1 Å². The lowest BCUT2D eigenvalue weighted by Gasteiger charge is -2.41. The molecule has 6 nitrogen and oxygen atoms in total. The van der Waals surface area contributed by atoms with Crippen molar-refractivity contribution in [1.29, 1.82) is 0 Å². The summed E-state index contributed by atoms with van der Waals surface area (Å²) in [6, 6.07) is 14.4. The molecule has 0 aliphatic heterocycles. The molecule has 29 heavy (non-hydrogen) atoms. The molecule has 0 unspecified atom stereocenters. The fraction of sp³-hybridized carbons (Fsp3) is 0.364. The number of rotatable bonds is 6. The molecular weight excluding hydrogens is 388 g/mol. The number of amides is 1. The van der Waals surface area contributed by atoms with E-state index < -0.39 is 5.41 Å². The van der Waals surface area contributed by atoms with Crippen molar-refractivity contribution in [1.82, 2.24) is 20.3 Å². The highest BCUT2D eigenvalue weighted by atomic mass is 35.5. The third kappa shape index (κ3) is 3.65. The van der Waals surface area contributed by atoms with E-state index in [0.29, 0.717) is 22.3 Å². The van der Waals surface area contributed by atoms with Crippen LogP contribution < -0.4 is 10.9 Å². The maximum absolute atomic E-state index is 13.2. The van der Waals surface area contributed by atoms with Crippen molar-refractivity contribution >= 4 is 28.4 Å². The molecule has 2 aromatic carbocycles. The first kappa shape index (κ1) is 19.6. The molecule has 1 saturated carbocycles. The van der Waals surface area contributed by atoms with Crippen molar-refractivity contribution in [2.24, 2.45) is 0 Å². The standard InChI is InChI=1S/C22H23ClN4O2/c1-2-17(14-27-20(28)18-6-3-4-7-19(18)25-26-27)24-21(29)22(12-5-13-22)15-8-10-16(23)11-9-15/h3-4,6-11,17H,2,5,12-14H2,1H3,(H,24,29)/t17-/m0/s1. The molecule has 1 heterocycles. The number of aromatic nitrogens is 3. The molecule has 0 bridgehead atoms. The zero-order valence-electron chi connectivity index (χ0n) is 16.3. The fourth-order valence-electron chi connectivity index (χ4n) is 3.90. The van der Waals surface area contributed by atoms with Gasteiger partial charge in [-0.25, -0.2) is 4.68 Å². The summed E-state index contributed by atoms with van der Waals surface area (Å²) in [5.41, 5.74) is 0.849. The molecule has 0 spiro atoms. The highest BCUT2D eigenvalue weighted by Gasteiger charge is 2.46. The summed E-state index contributed by atoms with van der Waals surface area (Å²) >= 11 is 6.01. The van der Waals surface area contributed by atoms with Gasteiger partial charge in [0.15, 0.2) is 0 Å². The molecule has 1 aromatic heterocycles. The monoisotopic (exact) mass is 410 g/mol. The maximum atomic E-state index is 13.2. The molecule has 0 saturated heterocycles. The molecule has 3 aromatic rings. The predicted octanol–water partition coefficient (Wildman–Crippen LogP) is 3.46. The van der Waals surface area contributed by atoms with Crippen LogP contribution in [0, 0.1) is 0 Å². The highest BCUT2D eigenvalue weighted by molar-refractivity contribution is 6.30. The third-order valence-corrected chi connectivity index (χ3v) is 6.14. The Morgan fingerprint density at radius 1 is 1.21 bits per heavy atom. The lowest BCUT2D eigenvalue weighted by atomic mass is 9.63. The van der Waals surface area contributed by atoms with Crippen molar-refractivity contribution in [2.75, 3.05) is 0 Å². The van der Waals surface area contributed by atoms with Crippen molar-refractivity contribution in [3.63, 3.8) is 0 Å². The van der Waals surface area contributed by atoms with Gasteiger partial charge in [0.05, 0.1) is 17.3 Å². The SMILES string of the molecule is CC[C@@H](Cn1nnc2ccccc2c1=O)NC(=O)C1(c2ccc(Cl)cc2)CCC1. The van der Waals surface area contributed by atoms with Gasteiger partial charge in [-0.15, -0.1) is 5.10 Å². The number of carbonyl (C=O) groups excluding carboxylic acids is 1. The van der Waals surface area contributed by atoms with Crippen LogP contribution in [0.2, 0.25) is 5.02 Å². The molecule has 1 atom stereocenters. The van der Waals surface area contributed by atoms with Gasteiger partial charge >= 0.3 is 0 Å². The number of nitrogens with zero attached hydrogens (tertiary/aromatic N) is 3. The van der Waals surface area contributed by atoms with Gasteiger partial charge in [0.1, 0.15) is 5.52 Å².